The van der Waals surface area contributed by atoms with Crippen LogP contribution in [0.5, 0.6) is 5.75 Å². The van der Waals surface area contributed by atoms with E-state index in [0.29, 0.717) is 12.5 Å². The van der Waals surface area contributed by atoms with Gasteiger partial charge < -0.3 is 19.6 Å². The fraction of sp³-hybridized carbons (Fsp3) is 0.478. The number of halogens is 1. The molecule has 2 N–H and O–H groups in total. The molecule has 1 aliphatic heterocycles. The first kappa shape index (κ1) is 21.0. The van der Waals surface area contributed by atoms with E-state index in [9.17, 15) is 5.11 Å². The molecule has 0 saturated carbocycles. The Morgan fingerprint density at radius 1 is 1.14 bits per heavy atom. The van der Waals surface area contributed by atoms with Crippen LogP contribution in [0.15, 0.2) is 48.5 Å². The van der Waals surface area contributed by atoms with E-state index in [0.717, 1.165) is 49.9 Å². The van der Waals surface area contributed by atoms with E-state index in [2.05, 4.69) is 30.9 Å². The van der Waals surface area contributed by atoms with E-state index in [1.54, 1.807) is 0 Å². The second-order valence-electron chi connectivity index (χ2n) is 7.73. The van der Waals surface area contributed by atoms with Crippen LogP contribution >= 0.6 is 11.6 Å². The lowest BCUT2D eigenvalue weighted by Crippen LogP contribution is -3.16. The molecule has 2 aromatic carbocycles. The molecule has 4 nitrogen and oxygen atoms in total. The van der Waals surface area contributed by atoms with E-state index in [1.165, 1.54) is 16.2 Å². The summed E-state index contributed by atoms with van der Waals surface area (Å²) in [6.07, 6.45) is 0.613. The van der Waals surface area contributed by atoms with Gasteiger partial charge in [-0.05, 0) is 42.2 Å². The predicted octanol–water partition coefficient (Wildman–Crippen LogP) is 3.00. The maximum Gasteiger partial charge on any atom is 0.137 e. The number of rotatable bonds is 8. The van der Waals surface area contributed by atoms with Crippen LogP contribution in [0.2, 0.25) is 5.02 Å². The van der Waals surface area contributed by atoms with Crippen LogP contribution in [-0.4, -0.2) is 50.5 Å². The molecule has 0 unspecified atom stereocenters. The lowest BCUT2D eigenvalue weighted by Gasteiger charge is -2.34. The maximum absolute atomic E-state index is 10.5. The fourth-order valence-corrected chi connectivity index (χ4v) is 3.96. The van der Waals surface area contributed by atoms with Crippen molar-refractivity contribution in [1.82, 2.24) is 0 Å². The zero-order valence-electron chi connectivity index (χ0n) is 16.9. The summed E-state index contributed by atoms with van der Waals surface area (Å²) in [7, 11) is 0. The third-order valence-corrected chi connectivity index (χ3v) is 5.90. The van der Waals surface area contributed by atoms with Gasteiger partial charge in [0.2, 0.25) is 0 Å². The number of ether oxygens (including phenoxy) is 1. The molecule has 1 saturated heterocycles. The molecule has 0 bridgehead atoms. The van der Waals surface area contributed by atoms with Gasteiger partial charge in [-0.15, -0.1) is 0 Å². The summed E-state index contributed by atoms with van der Waals surface area (Å²) in [4.78, 5) is 3.78. The van der Waals surface area contributed by atoms with Gasteiger partial charge in [0.15, 0.2) is 0 Å². The van der Waals surface area contributed by atoms with Gasteiger partial charge in [-0.1, -0.05) is 49.7 Å². The molecular weight excluding hydrogens is 372 g/mol. The van der Waals surface area contributed by atoms with Gasteiger partial charge in [0.1, 0.15) is 25.0 Å². The highest BCUT2D eigenvalue weighted by Crippen LogP contribution is 2.28. The SMILES string of the molecule is CC[C@H](C)c1ccccc1OC[C@H](O)C[NH+]1CCN(c2cccc(Cl)c2)CC1. The molecule has 28 heavy (non-hydrogen) atoms. The van der Waals surface area contributed by atoms with Crippen LogP contribution in [0.1, 0.15) is 31.7 Å². The van der Waals surface area contributed by atoms with Gasteiger partial charge >= 0.3 is 0 Å². The smallest absolute Gasteiger partial charge is 0.137 e. The van der Waals surface area contributed by atoms with Gasteiger partial charge in [-0.2, -0.15) is 0 Å². The topological polar surface area (TPSA) is 37.1 Å². The van der Waals surface area contributed by atoms with Gasteiger partial charge in [-0.3, -0.25) is 0 Å². The van der Waals surface area contributed by atoms with Crippen LogP contribution in [0.4, 0.5) is 5.69 Å². The average Bonchev–Trinajstić information content (AvgIpc) is 2.72. The normalized spacial score (nSPS) is 17.4. The first-order valence-electron chi connectivity index (χ1n) is 10.3. The van der Waals surface area contributed by atoms with Crippen molar-refractivity contribution in [3.05, 3.63) is 59.1 Å². The minimum atomic E-state index is -0.460. The summed E-state index contributed by atoms with van der Waals surface area (Å²) in [5, 5.41) is 11.3. The summed E-state index contributed by atoms with van der Waals surface area (Å²) in [5.74, 6) is 1.36. The fourth-order valence-electron chi connectivity index (χ4n) is 3.78. The molecule has 0 amide bonds. The van der Waals surface area contributed by atoms with E-state index in [1.807, 2.05) is 36.4 Å². The second-order valence-corrected chi connectivity index (χ2v) is 8.17. The molecule has 0 aliphatic carbocycles. The number of anilines is 1. The molecule has 3 rings (SSSR count). The molecule has 2 aromatic rings. The van der Waals surface area contributed by atoms with Crippen molar-refractivity contribution in [2.24, 2.45) is 0 Å². The maximum atomic E-state index is 10.5. The quantitative estimate of drug-likeness (QED) is 0.711. The number of quaternary nitrogens is 1. The lowest BCUT2D eigenvalue weighted by molar-refractivity contribution is -0.903. The Kier molecular flexibility index (Phi) is 7.60. The van der Waals surface area contributed by atoms with Crippen molar-refractivity contribution in [1.29, 1.82) is 0 Å². The number of hydrogen-bond donors (Lipinski definition) is 2. The van der Waals surface area contributed by atoms with Crippen molar-refractivity contribution in [2.75, 3.05) is 44.2 Å². The number of benzene rings is 2. The largest absolute Gasteiger partial charge is 0.490 e. The highest BCUT2D eigenvalue weighted by molar-refractivity contribution is 6.30. The minimum Gasteiger partial charge on any atom is -0.490 e. The van der Waals surface area contributed by atoms with Gasteiger partial charge in [0.25, 0.3) is 0 Å². The lowest BCUT2D eigenvalue weighted by atomic mass is 9.98. The van der Waals surface area contributed by atoms with Crippen molar-refractivity contribution in [2.45, 2.75) is 32.3 Å². The van der Waals surface area contributed by atoms with Crippen molar-refractivity contribution in [3.63, 3.8) is 0 Å². The molecule has 5 heteroatoms. The zero-order valence-corrected chi connectivity index (χ0v) is 17.7. The van der Waals surface area contributed by atoms with Crippen LogP contribution in [-0.2, 0) is 0 Å². The first-order valence-corrected chi connectivity index (χ1v) is 10.7. The van der Waals surface area contributed by atoms with Gasteiger partial charge in [0, 0.05) is 10.7 Å². The molecule has 0 aromatic heterocycles. The molecule has 152 valence electrons. The summed E-state index contributed by atoms with van der Waals surface area (Å²) >= 11 is 6.11. The number of para-hydroxylation sites is 1. The standard InChI is InChI=1S/C23H31ClN2O2/c1-3-18(2)22-9-4-5-10-23(22)28-17-21(27)16-25-11-13-26(14-12-25)20-8-6-7-19(24)15-20/h4-10,15,18,21,27H,3,11-14,16-17H2,1-2H3/p+1/t18-,21+/m0/s1. The number of hydrogen-bond acceptors (Lipinski definition) is 3. The van der Waals surface area contributed by atoms with E-state index in [-0.39, 0.29) is 0 Å². The zero-order chi connectivity index (χ0) is 19.9. The van der Waals surface area contributed by atoms with Crippen LogP contribution in [0, 0.1) is 0 Å². The van der Waals surface area contributed by atoms with Gasteiger partial charge in [-0.25, -0.2) is 0 Å². The monoisotopic (exact) mass is 403 g/mol. The number of nitrogens with zero attached hydrogens (tertiary/aromatic N) is 1. The summed E-state index contributed by atoms with van der Waals surface area (Å²) in [6, 6.07) is 16.2. The van der Waals surface area contributed by atoms with E-state index >= 15 is 0 Å². The minimum absolute atomic E-state index is 0.342. The molecule has 2 atom stereocenters. The highest BCUT2D eigenvalue weighted by atomic mass is 35.5. The predicted molar refractivity (Wildman–Crippen MR) is 116 cm³/mol. The molecule has 0 radical (unpaired) electrons. The van der Waals surface area contributed by atoms with Crippen molar-refractivity contribution in [3.8, 4) is 5.75 Å². The highest BCUT2D eigenvalue weighted by Gasteiger charge is 2.23. The molecule has 1 heterocycles. The van der Waals surface area contributed by atoms with Crippen LogP contribution in [0.3, 0.4) is 0 Å². The average molecular weight is 404 g/mol. The Morgan fingerprint density at radius 2 is 1.89 bits per heavy atom. The molecule has 1 fully saturated rings. The Labute approximate surface area is 173 Å². The molecular formula is C23H32ClN2O2+. The summed E-state index contributed by atoms with van der Waals surface area (Å²) in [5.41, 5.74) is 2.40. The number of piperazine rings is 1. The Bertz CT molecular complexity index is 747. The van der Waals surface area contributed by atoms with Crippen LogP contribution < -0.4 is 14.5 Å². The van der Waals surface area contributed by atoms with Gasteiger partial charge in [0.05, 0.1) is 26.2 Å². The Morgan fingerprint density at radius 3 is 2.61 bits per heavy atom. The number of aliphatic hydroxyl groups excluding tert-OH is 1. The number of aliphatic hydroxyl groups is 1. The number of nitrogens with one attached hydrogen (secondary N) is 1. The first-order chi connectivity index (χ1) is 13.6. The Hall–Kier alpha value is -1.75. The Balaban J connectivity index is 1.46. The van der Waals surface area contributed by atoms with Crippen LogP contribution in [0.25, 0.3) is 0 Å². The van der Waals surface area contributed by atoms with Crippen molar-refractivity contribution < 1.29 is 14.7 Å². The third-order valence-electron chi connectivity index (χ3n) is 5.66. The van der Waals surface area contributed by atoms with E-state index < -0.39 is 6.10 Å². The second kappa shape index (κ2) is 10.1. The summed E-state index contributed by atoms with van der Waals surface area (Å²) < 4.78 is 5.98. The molecule has 0 spiro atoms. The summed E-state index contributed by atoms with van der Waals surface area (Å²) in [6.45, 7) is 9.41. The van der Waals surface area contributed by atoms with E-state index in [4.69, 9.17) is 16.3 Å². The third kappa shape index (κ3) is 5.63. The molecule has 1 aliphatic rings. The van der Waals surface area contributed by atoms with Crippen molar-refractivity contribution >= 4 is 17.3 Å².